The van der Waals surface area contributed by atoms with E-state index in [2.05, 4.69) is 18.3 Å². The van der Waals surface area contributed by atoms with Gasteiger partial charge in [-0.3, -0.25) is 0 Å². The standard InChI is InChI=1S/C14H25NO2/c1-2-15-13(11-14-16-9-10-17-14)12-7-5-3-4-6-8-12/h7,13-15H,2-6,8-11H2,1H3. The first-order valence-electron chi connectivity index (χ1n) is 7.05. The van der Waals surface area contributed by atoms with Crippen molar-refractivity contribution in [3.63, 3.8) is 0 Å². The van der Waals surface area contributed by atoms with Crippen molar-refractivity contribution in [2.45, 2.75) is 57.8 Å². The van der Waals surface area contributed by atoms with Crippen LogP contribution in [0.2, 0.25) is 0 Å². The highest BCUT2D eigenvalue weighted by Gasteiger charge is 2.23. The van der Waals surface area contributed by atoms with E-state index >= 15 is 0 Å². The summed E-state index contributed by atoms with van der Waals surface area (Å²) in [5, 5.41) is 3.58. The molecule has 1 fully saturated rings. The molecular formula is C14H25NO2. The fourth-order valence-corrected chi connectivity index (χ4v) is 2.70. The summed E-state index contributed by atoms with van der Waals surface area (Å²) in [5.41, 5.74) is 1.57. The summed E-state index contributed by atoms with van der Waals surface area (Å²) in [5.74, 6) is 0. The molecule has 98 valence electrons. The summed E-state index contributed by atoms with van der Waals surface area (Å²) in [6.45, 7) is 4.68. The van der Waals surface area contributed by atoms with E-state index in [0.29, 0.717) is 6.04 Å². The molecule has 0 spiro atoms. The SMILES string of the molecule is CCNC(CC1OCCO1)C1=CCCCCC1. The van der Waals surface area contributed by atoms with Crippen LogP contribution in [0, 0.1) is 0 Å². The highest BCUT2D eigenvalue weighted by Crippen LogP contribution is 2.23. The Bertz CT molecular complexity index is 247. The maximum absolute atomic E-state index is 5.56. The second-order valence-corrected chi connectivity index (χ2v) is 4.90. The third kappa shape index (κ3) is 4.09. The van der Waals surface area contributed by atoms with Crippen molar-refractivity contribution in [1.82, 2.24) is 5.32 Å². The Labute approximate surface area is 105 Å². The van der Waals surface area contributed by atoms with Crippen LogP contribution < -0.4 is 5.32 Å². The number of allylic oxidation sites excluding steroid dienone is 1. The Hall–Kier alpha value is -0.380. The average molecular weight is 239 g/mol. The third-order valence-electron chi connectivity index (χ3n) is 3.59. The molecule has 0 aromatic heterocycles. The summed E-state index contributed by atoms with van der Waals surface area (Å²) in [6, 6.07) is 0.446. The maximum Gasteiger partial charge on any atom is 0.159 e. The topological polar surface area (TPSA) is 30.5 Å². The van der Waals surface area contributed by atoms with E-state index in [9.17, 15) is 0 Å². The predicted octanol–water partition coefficient (Wildman–Crippen LogP) is 2.62. The van der Waals surface area contributed by atoms with Crippen molar-refractivity contribution in [1.29, 1.82) is 0 Å². The molecule has 1 saturated heterocycles. The van der Waals surface area contributed by atoms with E-state index in [-0.39, 0.29) is 6.29 Å². The largest absolute Gasteiger partial charge is 0.350 e. The lowest BCUT2D eigenvalue weighted by molar-refractivity contribution is -0.0506. The van der Waals surface area contributed by atoms with E-state index in [4.69, 9.17) is 9.47 Å². The van der Waals surface area contributed by atoms with Crippen molar-refractivity contribution in [3.05, 3.63) is 11.6 Å². The van der Waals surface area contributed by atoms with Gasteiger partial charge in [-0.1, -0.05) is 25.0 Å². The third-order valence-corrected chi connectivity index (χ3v) is 3.59. The Morgan fingerprint density at radius 1 is 1.29 bits per heavy atom. The lowest BCUT2D eigenvalue weighted by atomic mass is 9.99. The molecule has 0 saturated carbocycles. The molecule has 1 heterocycles. The predicted molar refractivity (Wildman–Crippen MR) is 68.9 cm³/mol. The Balaban J connectivity index is 1.91. The van der Waals surface area contributed by atoms with Crippen LogP contribution in [0.15, 0.2) is 11.6 Å². The highest BCUT2D eigenvalue weighted by molar-refractivity contribution is 5.12. The van der Waals surface area contributed by atoms with Crippen LogP contribution in [0.1, 0.15) is 45.4 Å². The van der Waals surface area contributed by atoms with E-state index in [0.717, 1.165) is 26.2 Å². The van der Waals surface area contributed by atoms with E-state index in [1.165, 1.54) is 32.1 Å². The molecule has 0 bridgehead atoms. The van der Waals surface area contributed by atoms with Crippen LogP contribution in [-0.2, 0) is 9.47 Å². The highest BCUT2D eigenvalue weighted by atomic mass is 16.7. The zero-order valence-electron chi connectivity index (χ0n) is 10.9. The van der Waals surface area contributed by atoms with Gasteiger partial charge < -0.3 is 14.8 Å². The molecule has 1 aliphatic heterocycles. The molecule has 0 aromatic rings. The molecule has 3 nitrogen and oxygen atoms in total. The maximum atomic E-state index is 5.56. The van der Waals surface area contributed by atoms with Crippen LogP contribution in [0.25, 0.3) is 0 Å². The quantitative estimate of drug-likeness (QED) is 0.748. The van der Waals surface area contributed by atoms with E-state index in [1.807, 2.05) is 0 Å². The molecule has 2 rings (SSSR count). The molecule has 1 N–H and O–H groups in total. The first kappa shape index (κ1) is 13.1. The van der Waals surface area contributed by atoms with Gasteiger partial charge >= 0.3 is 0 Å². The lowest BCUT2D eigenvalue weighted by Crippen LogP contribution is -2.34. The van der Waals surface area contributed by atoms with Gasteiger partial charge in [0.05, 0.1) is 13.2 Å². The normalized spacial score (nSPS) is 24.4. The average Bonchev–Trinajstić information content (AvgIpc) is 2.69. The Morgan fingerprint density at radius 3 is 2.88 bits per heavy atom. The van der Waals surface area contributed by atoms with Crippen molar-refractivity contribution in [2.24, 2.45) is 0 Å². The smallest absolute Gasteiger partial charge is 0.159 e. The van der Waals surface area contributed by atoms with Crippen molar-refractivity contribution in [3.8, 4) is 0 Å². The Kier molecular flexibility index (Phi) is 5.49. The van der Waals surface area contributed by atoms with Crippen LogP contribution >= 0.6 is 0 Å². The monoisotopic (exact) mass is 239 g/mol. The van der Waals surface area contributed by atoms with Gasteiger partial charge in [0.1, 0.15) is 0 Å². The molecule has 1 unspecified atom stereocenters. The summed E-state index contributed by atoms with van der Waals surface area (Å²) in [6.07, 6.45) is 9.93. The fourth-order valence-electron chi connectivity index (χ4n) is 2.70. The van der Waals surface area contributed by atoms with E-state index in [1.54, 1.807) is 5.57 Å². The van der Waals surface area contributed by atoms with Crippen LogP contribution in [0.5, 0.6) is 0 Å². The van der Waals surface area contributed by atoms with Gasteiger partial charge in [-0.05, 0) is 32.2 Å². The van der Waals surface area contributed by atoms with Gasteiger partial charge in [0, 0.05) is 12.5 Å². The van der Waals surface area contributed by atoms with Crippen LogP contribution in [-0.4, -0.2) is 32.1 Å². The van der Waals surface area contributed by atoms with Gasteiger partial charge in [0.2, 0.25) is 0 Å². The van der Waals surface area contributed by atoms with Gasteiger partial charge in [-0.25, -0.2) is 0 Å². The summed E-state index contributed by atoms with van der Waals surface area (Å²) in [7, 11) is 0. The molecule has 3 heteroatoms. The van der Waals surface area contributed by atoms with E-state index < -0.39 is 0 Å². The number of ether oxygens (including phenoxy) is 2. The van der Waals surface area contributed by atoms with Crippen LogP contribution in [0.3, 0.4) is 0 Å². The number of nitrogens with one attached hydrogen (secondary N) is 1. The van der Waals surface area contributed by atoms with Crippen LogP contribution in [0.4, 0.5) is 0 Å². The van der Waals surface area contributed by atoms with Crippen molar-refractivity contribution < 1.29 is 9.47 Å². The number of hydrogen-bond acceptors (Lipinski definition) is 3. The first-order chi connectivity index (χ1) is 8.40. The minimum absolute atomic E-state index is 0.00297. The molecule has 1 atom stereocenters. The summed E-state index contributed by atoms with van der Waals surface area (Å²) < 4.78 is 11.1. The zero-order chi connectivity index (χ0) is 11.9. The summed E-state index contributed by atoms with van der Waals surface area (Å²) in [4.78, 5) is 0. The molecule has 2 aliphatic rings. The van der Waals surface area contributed by atoms with Gasteiger partial charge in [-0.15, -0.1) is 0 Å². The molecule has 0 aromatic carbocycles. The molecule has 0 radical (unpaired) electrons. The first-order valence-corrected chi connectivity index (χ1v) is 7.05. The number of likely N-dealkylation sites (N-methyl/N-ethyl adjacent to an activating group) is 1. The molecular weight excluding hydrogens is 214 g/mol. The van der Waals surface area contributed by atoms with Crippen molar-refractivity contribution in [2.75, 3.05) is 19.8 Å². The van der Waals surface area contributed by atoms with Gasteiger partial charge in [0.15, 0.2) is 6.29 Å². The lowest BCUT2D eigenvalue weighted by Gasteiger charge is -2.23. The number of hydrogen-bond donors (Lipinski definition) is 1. The zero-order valence-corrected chi connectivity index (χ0v) is 10.9. The molecule has 1 aliphatic carbocycles. The summed E-state index contributed by atoms with van der Waals surface area (Å²) >= 11 is 0. The minimum Gasteiger partial charge on any atom is -0.350 e. The second kappa shape index (κ2) is 7.14. The number of rotatable bonds is 5. The second-order valence-electron chi connectivity index (χ2n) is 4.90. The molecule has 17 heavy (non-hydrogen) atoms. The minimum atomic E-state index is 0.00297. The molecule has 0 amide bonds. The fraction of sp³-hybridized carbons (Fsp3) is 0.857. The van der Waals surface area contributed by atoms with Crippen molar-refractivity contribution >= 4 is 0 Å². The van der Waals surface area contributed by atoms with Gasteiger partial charge in [0.25, 0.3) is 0 Å². The Morgan fingerprint density at radius 2 is 2.12 bits per heavy atom. The van der Waals surface area contributed by atoms with Gasteiger partial charge in [-0.2, -0.15) is 0 Å².